The standard InChI is InChI=1S/C24H24N2OS/c1-2-3-9-18-14-16-20(17-15-18)25-24(28)26-22-13-8-7-12-21(22)23(27)19-10-5-4-6-11-19/h4-8,10-17H,2-3,9H2,1H3,(H2,25,26,28). The Kier molecular flexibility index (Phi) is 6.93. The highest BCUT2D eigenvalue weighted by molar-refractivity contribution is 7.80. The number of hydrogen-bond donors (Lipinski definition) is 2. The predicted octanol–water partition coefficient (Wildman–Crippen LogP) is 6.07. The SMILES string of the molecule is CCCCc1ccc(NC(=S)Nc2ccccc2C(=O)c2ccccc2)cc1. The number of rotatable bonds is 7. The number of aryl methyl sites for hydroxylation is 1. The molecule has 28 heavy (non-hydrogen) atoms. The van der Waals surface area contributed by atoms with Crippen molar-refractivity contribution in [1.29, 1.82) is 0 Å². The first-order valence-corrected chi connectivity index (χ1v) is 9.94. The zero-order valence-electron chi connectivity index (χ0n) is 15.9. The summed E-state index contributed by atoms with van der Waals surface area (Å²) in [6.07, 6.45) is 3.47. The molecule has 0 bridgehead atoms. The molecule has 4 heteroatoms. The van der Waals surface area contributed by atoms with Crippen LogP contribution in [0.3, 0.4) is 0 Å². The molecule has 0 radical (unpaired) electrons. The van der Waals surface area contributed by atoms with E-state index in [0.29, 0.717) is 21.9 Å². The molecule has 0 heterocycles. The summed E-state index contributed by atoms with van der Waals surface area (Å²) in [6.45, 7) is 2.19. The minimum Gasteiger partial charge on any atom is -0.332 e. The van der Waals surface area contributed by atoms with Crippen LogP contribution in [-0.2, 0) is 6.42 Å². The van der Waals surface area contributed by atoms with E-state index in [4.69, 9.17) is 12.2 Å². The van der Waals surface area contributed by atoms with Crippen LogP contribution in [0.15, 0.2) is 78.9 Å². The lowest BCUT2D eigenvalue weighted by atomic mass is 10.0. The number of carbonyl (C=O) groups excluding carboxylic acids is 1. The van der Waals surface area contributed by atoms with Crippen LogP contribution in [0.4, 0.5) is 11.4 Å². The van der Waals surface area contributed by atoms with Gasteiger partial charge in [0, 0.05) is 16.8 Å². The Bertz CT molecular complexity index is 936. The Morgan fingerprint density at radius 2 is 1.54 bits per heavy atom. The molecule has 0 aliphatic carbocycles. The van der Waals surface area contributed by atoms with Gasteiger partial charge in [0.2, 0.25) is 0 Å². The van der Waals surface area contributed by atoms with E-state index in [0.717, 1.165) is 12.1 Å². The number of nitrogens with one attached hydrogen (secondary N) is 2. The highest BCUT2D eigenvalue weighted by Crippen LogP contribution is 2.20. The molecule has 3 aromatic carbocycles. The molecule has 3 aromatic rings. The molecule has 0 saturated heterocycles. The zero-order valence-corrected chi connectivity index (χ0v) is 16.8. The lowest BCUT2D eigenvalue weighted by Crippen LogP contribution is -2.20. The largest absolute Gasteiger partial charge is 0.332 e. The van der Waals surface area contributed by atoms with E-state index in [-0.39, 0.29) is 5.78 Å². The number of unbranched alkanes of at least 4 members (excludes halogenated alkanes) is 1. The van der Waals surface area contributed by atoms with E-state index in [1.807, 2.05) is 66.7 Å². The van der Waals surface area contributed by atoms with Crippen molar-refractivity contribution in [2.24, 2.45) is 0 Å². The van der Waals surface area contributed by atoms with Gasteiger partial charge < -0.3 is 10.6 Å². The molecular formula is C24H24N2OS. The van der Waals surface area contributed by atoms with Gasteiger partial charge in [-0.25, -0.2) is 0 Å². The van der Waals surface area contributed by atoms with Crippen LogP contribution in [0.1, 0.15) is 41.3 Å². The van der Waals surface area contributed by atoms with Crippen molar-refractivity contribution in [3.8, 4) is 0 Å². The molecule has 142 valence electrons. The van der Waals surface area contributed by atoms with E-state index in [2.05, 4.69) is 29.7 Å². The summed E-state index contributed by atoms with van der Waals surface area (Å²) in [5, 5.41) is 6.80. The number of carbonyl (C=O) groups is 1. The van der Waals surface area contributed by atoms with Crippen LogP contribution in [0.2, 0.25) is 0 Å². The summed E-state index contributed by atoms with van der Waals surface area (Å²) in [5.74, 6) is -0.0354. The molecule has 0 aromatic heterocycles. The molecule has 2 N–H and O–H groups in total. The molecule has 3 rings (SSSR count). The van der Waals surface area contributed by atoms with E-state index in [1.54, 1.807) is 0 Å². The molecule has 3 nitrogen and oxygen atoms in total. The van der Waals surface area contributed by atoms with Gasteiger partial charge in [0.25, 0.3) is 0 Å². The highest BCUT2D eigenvalue weighted by Gasteiger charge is 2.13. The second-order valence-corrected chi connectivity index (χ2v) is 7.03. The summed E-state index contributed by atoms with van der Waals surface area (Å²) in [4.78, 5) is 12.8. The van der Waals surface area contributed by atoms with Gasteiger partial charge in [-0.15, -0.1) is 0 Å². The second-order valence-electron chi connectivity index (χ2n) is 6.62. The fraction of sp³-hybridized carbons (Fsp3) is 0.167. The average molecular weight is 389 g/mol. The van der Waals surface area contributed by atoms with E-state index in [1.165, 1.54) is 18.4 Å². The molecule has 0 fully saturated rings. The maximum Gasteiger partial charge on any atom is 0.195 e. The Labute approximate surface area is 171 Å². The first kappa shape index (κ1) is 19.8. The summed E-state index contributed by atoms with van der Waals surface area (Å²) in [7, 11) is 0. The summed E-state index contributed by atoms with van der Waals surface area (Å²) >= 11 is 5.45. The Morgan fingerprint density at radius 3 is 2.25 bits per heavy atom. The molecule has 0 saturated carbocycles. The summed E-state index contributed by atoms with van der Waals surface area (Å²) in [6, 6.07) is 24.9. The van der Waals surface area contributed by atoms with Crippen LogP contribution in [-0.4, -0.2) is 10.9 Å². The Morgan fingerprint density at radius 1 is 0.857 bits per heavy atom. The zero-order chi connectivity index (χ0) is 19.8. The second kappa shape index (κ2) is 9.81. The van der Waals surface area contributed by atoms with Gasteiger partial charge in [-0.3, -0.25) is 4.79 Å². The van der Waals surface area contributed by atoms with Gasteiger partial charge in [0.15, 0.2) is 10.9 Å². The Hall–Kier alpha value is -2.98. The monoisotopic (exact) mass is 388 g/mol. The lowest BCUT2D eigenvalue weighted by molar-refractivity contribution is 0.103. The highest BCUT2D eigenvalue weighted by atomic mass is 32.1. The van der Waals surface area contributed by atoms with Gasteiger partial charge in [-0.2, -0.15) is 0 Å². The molecule has 0 atom stereocenters. The van der Waals surface area contributed by atoms with Gasteiger partial charge in [-0.1, -0.05) is 67.9 Å². The fourth-order valence-electron chi connectivity index (χ4n) is 2.96. The third-order valence-electron chi connectivity index (χ3n) is 4.49. The number of anilines is 2. The number of para-hydroxylation sites is 1. The van der Waals surface area contributed by atoms with Crippen LogP contribution in [0.5, 0.6) is 0 Å². The van der Waals surface area contributed by atoms with Crippen LogP contribution >= 0.6 is 12.2 Å². The predicted molar refractivity (Wildman–Crippen MR) is 121 cm³/mol. The number of thiocarbonyl (C=S) groups is 1. The van der Waals surface area contributed by atoms with Gasteiger partial charge >= 0.3 is 0 Å². The summed E-state index contributed by atoms with van der Waals surface area (Å²) in [5.41, 5.74) is 4.18. The molecule has 0 aliphatic heterocycles. The maximum atomic E-state index is 12.8. The Balaban J connectivity index is 1.68. The topological polar surface area (TPSA) is 41.1 Å². The van der Waals surface area contributed by atoms with Crippen molar-refractivity contribution >= 4 is 34.5 Å². The first-order chi connectivity index (χ1) is 13.7. The van der Waals surface area contributed by atoms with E-state index >= 15 is 0 Å². The number of benzene rings is 3. The first-order valence-electron chi connectivity index (χ1n) is 9.53. The molecular weight excluding hydrogens is 364 g/mol. The molecule has 0 amide bonds. The van der Waals surface area contributed by atoms with Gasteiger partial charge in [0.05, 0.1) is 5.69 Å². The van der Waals surface area contributed by atoms with Crippen LogP contribution < -0.4 is 10.6 Å². The van der Waals surface area contributed by atoms with Gasteiger partial charge in [0.1, 0.15) is 0 Å². The molecule has 0 aliphatic rings. The van der Waals surface area contributed by atoms with Crippen LogP contribution in [0, 0.1) is 0 Å². The lowest BCUT2D eigenvalue weighted by Gasteiger charge is -2.14. The third kappa shape index (κ3) is 5.27. The van der Waals surface area contributed by atoms with Crippen LogP contribution in [0.25, 0.3) is 0 Å². The fourth-order valence-corrected chi connectivity index (χ4v) is 3.18. The van der Waals surface area contributed by atoms with Crippen molar-refractivity contribution < 1.29 is 4.79 Å². The minimum absolute atomic E-state index is 0.0354. The van der Waals surface area contributed by atoms with Crippen molar-refractivity contribution in [2.45, 2.75) is 26.2 Å². The normalized spacial score (nSPS) is 10.3. The van der Waals surface area contributed by atoms with Crippen molar-refractivity contribution in [1.82, 2.24) is 0 Å². The smallest absolute Gasteiger partial charge is 0.195 e. The van der Waals surface area contributed by atoms with Crippen molar-refractivity contribution in [3.63, 3.8) is 0 Å². The molecule has 0 spiro atoms. The number of ketones is 1. The quantitative estimate of drug-likeness (QED) is 0.381. The molecule has 0 unspecified atom stereocenters. The maximum absolute atomic E-state index is 12.8. The van der Waals surface area contributed by atoms with E-state index in [9.17, 15) is 4.79 Å². The van der Waals surface area contributed by atoms with Crippen molar-refractivity contribution in [3.05, 3.63) is 95.6 Å². The van der Waals surface area contributed by atoms with E-state index < -0.39 is 0 Å². The average Bonchev–Trinajstić information content (AvgIpc) is 2.74. The van der Waals surface area contributed by atoms with Gasteiger partial charge in [-0.05, 0) is 54.9 Å². The van der Waals surface area contributed by atoms with Crippen molar-refractivity contribution in [2.75, 3.05) is 10.6 Å². The minimum atomic E-state index is -0.0354. The summed E-state index contributed by atoms with van der Waals surface area (Å²) < 4.78 is 0. The third-order valence-corrected chi connectivity index (χ3v) is 4.69. The number of hydrogen-bond acceptors (Lipinski definition) is 2.